The van der Waals surface area contributed by atoms with Crippen LogP contribution >= 0.6 is 11.8 Å². The molecule has 0 radical (unpaired) electrons. The summed E-state index contributed by atoms with van der Waals surface area (Å²) in [6.45, 7) is 1.11. The van der Waals surface area contributed by atoms with E-state index in [4.69, 9.17) is 0 Å². The average molecular weight is 275 g/mol. The molecule has 1 N–H and O–H groups in total. The summed E-state index contributed by atoms with van der Waals surface area (Å²) in [5.74, 6) is 3.14. The van der Waals surface area contributed by atoms with Crippen molar-refractivity contribution in [2.24, 2.45) is 0 Å². The van der Waals surface area contributed by atoms with Gasteiger partial charge in [0.2, 0.25) is 0 Å². The van der Waals surface area contributed by atoms with Gasteiger partial charge in [-0.3, -0.25) is 0 Å². The standard InChI is InChI=1S/C15H21N3S/c1-16-15-13(11-19-9-8-18(2)3)10-12-6-4-5-7-14(12)17-15/h4-7,10H,8-9,11H2,1-3H3,(H,16,17). The summed E-state index contributed by atoms with van der Waals surface area (Å²) in [6, 6.07) is 10.5. The van der Waals surface area contributed by atoms with Crippen LogP contribution in [0.25, 0.3) is 10.9 Å². The first kappa shape index (κ1) is 14.2. The van der Waals surface area contributed by atoms with Gasteiger partial charge in [-0.25, -0.2) is 4.98 Å². The van der Waals surface area contributed by atoms with Crippen molar-refractivity contribution in [3.63, 3.8) is 0 Å². The summed E-state index contributed by atoms with van der Waals surface area (Å²) < 4.78 is 0. The Bertz CT molecular complexity index is 540. The summed E-state index contributed by atoms with van der Waals surface area (Å²) >= 11 is 1.95. The predicted octanol–water partition coefficient (Wildman–Crippen LogP) is 3.07. The third kappa shape index (κ3) is 3.85. The van der Waals surface area contributed by atoms with Gasteiger partial charge in [0, 0.05) is 36.0 Å². The lowest BCUT2D eigenvalue weighted by molar-refractivity contribution is 0.437. The van der Waals surface area contributed by atoms with Gasteiger partial charge in [0.1, 0.15) is 5.82 Å². The highest BCUT2D eigenvalue weighted by Gasteiger charge is 2.05. The number of nitrogens with zero attached hydrogens (tertiary/aromatic N) is 2. The van der Waals surface area contributed by atoms with Gasteiger partial charge < -0.3 is 10.2 Å². The lowest BCUT2D eigenvalue weighted by atomic mass is 10.1. The van der Waals surface area contributed by atoms with Crippen molar-refractivity contribution in [3.05, 3.63) is 35.9 Å². The smallest absolute Gasteiger partial charge is 0.130 e. The molecule has 0 aliphatic rings. The molecule has 0 atom stereocenters. The zero-order valence-corrected chi connectivity index (χ0v) is 12.6. The van der Waals surface area contributed by atoms with Gasteiger partial charge >= 0.3 is 0 Å². The Morgan fingerprint density at radius 1 is 1.26 bits per heavy atom. The second-order valence-electron chi connectivity index (χ2n) is 4.79. The number of fused-ring (bicyclic) bond motifs is 1. The SMILES string of the molecule is CNc1nc2ccccc2cc1CSCCN(C)C. The first-order chi connectivity index (χ1) is 9.20. The van der Waals surface area contributed by atoms with E-state index in [2.05, 4.69) is 53.6 Å². The molecular weight excluding hydrogens is 254 g/mol. The minimum absolute atomic E-state index is 0.996. The molecular formula is C15H21N3S. The van der Waals surface area contributed by atoms with Crippen molar-refractivity contribution in [2.45, 2.75) is 5.75 Å². The predicted molar refractivity (Wildman–Crippen MR) is 86.0 cm³/mol. The molecule has 3 nitrogen and oxygen atoms in total. The number of benzene rings is 1. The highest BCUT2D eigenvalue weighted by atomic mass is 32.2. The summed E-state index contributed by atoms with van der Waals surface area (Å²) in [6.07, 6.45) is 0. The normalized spacial score (nSPS) is 11.2. The molecule has 0 unspecified atom stereocenters. The van der Waals surface area contributed by atoms with Crippen LogP contribution < -0.4 is 5.32 Å². The number of anilines is 1. The number of nitrogens with one attached hydrogen (secondary N) is 1. The molecule has 2 rings (SSSR count). The molecule has 4 heteroatoms. The highest BCUT2D eigenvalue weighted by molar-refractivity contribution is 7.98. The molecule has 19 heavy (non-hydrogen) atoms. The van der Waals surface area contributed by atoms with E-state index >= 15 is 0 Å². The molecule has 0 spiro atoms. The third-order valence-electron chi connectivity index (χ3n) is 2.98. The van der Waals surface area contributed by atoms with E-state index in [1.165, 1.54) is 10.9 Å². The molecule has 2 aromatic rings. The lowest BCUT2D eigenvalue weighted by Crippen LogP contribution is -2.14. The number of hydrogen-bond donors (Lipinski definition) is 1. The van der Waals surface area contributed by atoms with Crippen LogP contribution in [-0.2, 0) is 5.75 Å². The monoisotopic (exact) mass is 275 g/mol. The molecule has 0 amide bonds. The van der Waals surface area contributed by atoms with Crippen molar-refractivity contribution in [3.8, 4) is 0 Å². The Labute approximate surface area is 119 Å². The van der Waals surface area contributed by atoms with Crippen LogP contribution in [-0.4, -0.2) is 43.3 Å². The molecule has 1 aromatic heterocycles. The van der Waals surface area contributed by atoms with Crippen molar-refractivity contribution in [1.29, 1.82) is 0 Å². The maximum atomic E-state index is 4.67. The van der Waals surface area contributed by atoms with Crippen LogP contribution in [0.2, 0.25) is 0 Å². The fraction of sp³-hybridized carbons (Fsp3) is 0.400. The minimum Gasteiger partial charge on any atom is -0.373 e. The van der Waals surface area contributed by atoms with Gasteiger partial charge in [0.05, 0.1) is 5.52 Å². The molecule has 102 valence electrons. The second-order valence-corrected chi connectivity index (χ2v) is 5.90. The van der Waals surface area contributed by atoms with Crippen LogP contribution in [0.15, 0.2) is 30.3 Å². The van der Waals surface area contributed by atoms with Gasteiger partial charge in [-0.2, -0.15) is 11.8 Å². The maximum absolute atomic E-state index is 4.67. The van der Waals surface area contributed by atoms with Crippen LogP contribution in [0.5, 0.6) is 0 Å². The fourth-order valence-electron chi connectivity index (χ4n) is 1.92. The first-order valence-corrected chi connectivity index (χ1v) is 7.65. The largest absolute Gasteiger partial charge is 0.373 e. The van der Waals surface area contributed by atoms with Crippen LogP contribution in [0, 0.1) is 0 Å². The Morgan fingerprint density at radius 2 is 2.05 bits per heavy atom. The van der Waals surface area contributed by atoms with Crippen LogP contribution in [0.4, 0.5) is 5.82 Å². The summed E-state index contributed by atoms with van der Waals surface area (Å²) in [5, 5.41) is 4.42. The van der Waals surface area contributed by atoms with E-state index in [0.29, 0.717) is 0 Å². The minimum atomic E-state index is 0.996. The summed E-state index contributed by atoms with van der Waals surface area (Å²) in [7, 11) is 6.15. The lowest BCUT2D eigenvalue weighted by Gasteiger charge is -2.11. The first-order valence-electron chi connectivity index (χ1n) is 6.49. The molecule has 0 fully saturated rings. The number of rotatable bonds is 6. The molecule has 0 aliphatic heterocycles. The maximum Gasteiger partial charge on any atom is 0.130 e. The van der Waals surface area contributed by atoms with Crippen molar-refractivity contribution < 1.29 is 0 Å². The highest BCUT2D eigenvalue weighted by Crippen LogP contribution is 2.24. The zero-order valence-electron chi connectivity index (χ0n) is 11.8. The van der Waals surface area contributed by atoms with Gasteiger partial charge in [-0.1, -0.05) is 18.2 Å². The molecule has 0 saturated carbocycles. The zero-order chi connectivity index (χ0) is 13.7. The molecule has 0 aliphatic carbocycles. The van der Waals surface area contributed by atoms with Gasteiger partial charge in [-0.05, 0) is 26.2 Å². The van der Waals surface area contributed by atoms with Crippen LogP contribution in [0.3, 0.4) is 0 Å². The Balaban J connectivity index is 2.12. The Hall–Kier alpha value is -1.26. The molecule has 1 heterocycles. The fourth-order valence-corrected chi connectivity index (χ4v) is 2.99. The molecule has 1 aromatic carbocycles. The van der Waals surface area contributed by atoms with E-state index in [9.17, 15) is 0 Å². The number of aromatic nitrogens is 1. The van der Waals surface area contributed by atoms with E-state index in [1.807, 2.05) is 24.9 Å². The molecule has 0 bridgehead atoms. The van der Waals surface area contributed by atoms with Gasteiger partial charge in [0.15, 0.2) is 0 Å². The van der Waals surface area contributed by atoms with Gasteiger partial charge in [-0.15, -0.1) is 0 Å². The quantitative estimate of drug-likeness (QED) is 0.820. The van der Waals surface area contributed by atoms with Crippen molar-refractivity contribution in [2.75, 3.05) is 38.8 Å². The molecule has 0 saturated heterocycles. The van der Waals surface area contributed by atoms with E-state index in [0.717, 1.165) is 29.4 Å². The number of thioether (sulfide) groups is 1. The van der Waals surface area contributed by atoms with Crippen molar-refractivity contribution >= 4 is 28.5 Å². The van der Waals surface area contributed by atoms with E-state index < -0.39 is 0 Å². The third-order valence-corrected chi connectivity index (χ3v) is 3.97. The summed E-state index contributed by atoms with van der Waals surface area (Å²) in [4.78, 5) is 6.89. The topological polar surface area (TPSA) is 28.2 Å². The van der Waals surface area contributed by atoms with Crippen molar-refractivity contribution in [1.82, 2.24) is 9.88 Å². The number of hydrogen-bond acceptors (Lipinski definition) is 4. The number of para-hydroxylation sites is 1. The second kappa shape index (κ2) is 6.78. The van der Waals surface area contributed by atoms with E-state index in [1.54, 1.807) is 0 Å². The van der Waals surface area contributed by atoms with Gasteiger partial charge in [0.25, 0.3) is 0 Å². The average Bonchev–Trinajstić information content (AvgIpc) is 2.42. The van der Waals surface area contributed by atoms with E-state index in [-0.39, 0.29) is 0 Å². The summed E-state index contributed by atoms with van der Waals surface area (Å²) in [5.41, 5.74) is 2.33. The van der Waals surface area contributed by atoms with Crippen LogP contribution in [0.1, 0.15) is 5.56 Å². The number of pyridine rings is 1. The Morgan fingerprint density at radius 3 is 2.79 bits per heavy atom. The Kier molecular flexibility index (Phi) is 5.05.